The molecule has 1 saturated heterocycles. The van der Waals surface area contributed by atoms with Gasteiger partial charge in [0.15, 0.2) is 5.13 Å². The summed E-state index contributed by atoms with van der Waals surface area (Å²) in [6, 6.07) is 0. The molecule has 0 spiro atoms. The normalized spacial score (nSPS) is 17.3. The SMILES string of the molecule is CCc1nc(N2CCCCCC2)sc1CNC(C)(C)C. The molecule has 1 N–H and O–H groups in total. The number of aromatic nitrogens is 1. The fourth-order valence-corrected chi connectivity index (χ4v) is 3.67. The third kappa shape index (κ3) is 4.45. The molecule has 0 saturated carbocycles. The molecule has 1 aromatic rings. The molecule has 0 radical (unpaired) electrons. The van der Waals surface area contributed by atoms with Crippen molar-refractivity contribution >= 4 is 16.5 Å². The lowest BCUT2D eigenvalue weighted by atomic mass is 10.1. The van der Waals surface area contributed by atoms with E-state index in [1.54, 1.807) is 0 Å². The largest absolute Gasteiger partial charge is 0.348 e. The number of hydrogen-bond acceptors (Lipinski definition) is 4. The van der Waals surface area contributed by atoms with Crippen LogP contribution in [0.5, 0.6) is 0 Å². The first-order valence-electron chi connectivity index (χ1n) is 7.98. The monoisotopic (exact) mass is 295 g/mol. The molecule has 4 heteroatoms. The maximum absolute atomic E-state index is 4.90. The van der Waals surface area contributed by atoms with Crippen molar-refractivity contribution < 1.29 is 0 Å². The molecule has 1 aliphatic rings. The van der Waals surface area contributed by atoms with Gasteiger partial charge in [-0.1, -0.05) is 19.8 Å². The zero-order valence-electron chi connectivity index (χ0n) is 13.5. The smallest absolute Gasteiger partial charge is 0.185 e. The second kappa shape index (κ2) is 6.90. The second-order valence-corrected chi connectivity index (χ2v) is 7.79. The van der Waals surface area contributed by atoms with E-state index < -0.39 is 0 Å². The van der Waals surface area contributed by atoms with Crippen LogP contribution in [0, 0.1) is 0 Å². The zero-order chi connectivity index (χ0) is 14.6. The molecular weight excluding hydrogens is 266 g/mol. The maximum Gasteiger partial charge on any atom is 0.185 e. The van der Waals surface area contributed by atoms with Gasteiger partial charge >= 0.3 is 0 Å². The number of hydrogen-bond donors (Lipinski definition) is 1. The summed E-state index contributed by atoms with van der Waals surface area (Å²) in [6.45, 7) is 12.2. The predicted molar refractivity (Wildman–Crippen MR) is 88.8 cm³/mol. The molecule has 0 amide bonds. The highest BCUT2D eigenvalue weighted by Gasteiger charge is 2.18. The average molecular weight is 295 g/mol. The zero-order valence-corrected chi connectivity index (χ0v) is 14.3. The molecule has 114 valence electrons. The van der Waals surface area contributed by atoms with Crippen LogP contribution in [-0.2, 0) is 13.0 Å². The number of anilines is 1. The van der Waals surface area contributed by atoms with Crippen LogP contribution < -0.4 is 10.2 Å². The Balaban J connectivity index is 2.08. The highest BCUT2D eigenvalue weighted by molar-refractivity contribution is 7.15. The molecule has 1 aromatic heterocycles. The molecule has 0 atom stereocenters. The van der Waals surface area contributed by atoms with Gasteiger partial charge in [-0.3, -0.25) is 0 Å². The predicted octanol–water partition coefficient (Wildman–Crippen LogP) is 3.97. The first-order valence-corrected chi connectivity index (χ1v) is 8.80. The number of aryl methyl sites for hydroxylation is 1. The standard InChI is InChI=1S/C16H29N3S/c1-5-13-14(12-17-16(2,3)4)20-15(18-13)19-10-8-6-7-9-11-19/h17H,5-12H2,1-4H3. The molecule has 0 aliphatic carbocycles. The van der Waals surface area contributed by atoms with E-state index in [9.17, 15) is 0 Å². The van der Waals surface area contributed by atoms with Gasteiger partial charge in [0.05, 0.1) is 5.69 Å². The van der Waals surface area contributed by atoms with Crippen LogP contribution in [0.15, 0.2) is 0 Å². The molecule has 20 heavy (non-hydrogen) atoms. The van der Waals surface area contributed by atoms with E-state index in [1.165, 1.54) is 54.5 Å². The Bertz CT molecular complexity index is 412. The molecule has 3 nitrogen and oxygen atoms in total. The van der Waals surface area contributed by atoms with E-state index in [-0.39, 0.29) is 5.54 Å². The molecule has 0 aromatic carbocycles. The molecule has 2 heterocycles. The van der Waals surface area contributed by atoms with Gasteiger partial charge in [-0.2, -0.15) is 0 Å². The molecular formula is C16H29N3S. The van der Waals surface area contributed by atoms with Crippen molar-refractivity contribution in [3.63, 3.8) is 0 Å². The fourth-order valence-electron chi connectivity index (χ4n) is 2.53. The van der Waals surface area contributed by atoms with Crippen molar-refractivity contribution in [3.8, 4) is 0 Å². The average Bonchev–Trinajstić information content (AvgIpc) is 2.60. The Morgan fingerprint density at radius 3 is 2.35 bits per heavy atom. The summed E-state index contributed by atoms with van der Waals surface area (Å²) in [6.07, 6.45) is 6.42. The van der Waals surface area contributed by atoms with Crippen LogP contribution >= 0.6 is 11.3 Å². The Kier molecular flexibility index (Phi) is 5.44. The summed E-state index contributed by atoms with van der Waals surface area (Å²) >= 11 is 1.89. The van der Waals surface area contributed by atoms with Crippen molar-refractivity contribution in [2.75, 3.05) is 18.0 Å². The minimum atomic E-state index is 0.164. The minimum absolute atomic E-state index is 0.164. The van der Waals surface area contributed by atoms with Crippen LogP contribution in [0.3, 0.4) is 0 Å². The van der Waals surface area contributed by atoms with Crippen LogP contribution in [0.25, 0.3) is 0 Å². The van der Waals surface area contributed by atoms with E-state index >= 15 is 0 Å². The summed E-state index contributed by atoms with van der Waals surface area (Å²) in [5.41, 5.74) is 1.45. The summed E-state index contributed by atoms with van der Waals surface area (Å²) in [5.74, 6) is 0. The van der Waals surface area contributed by atoms with Crippen molar-refractivity contribution in [1.82, 2.24) is 10.3 Å². The van der Waals surface area contributed by atoms with Gasteiger partial charge < -0.3 is 10.2 Å². The molecule has 1 fully saturated rings. The summed E-state index contributed by atoms with van der Waals surface area (Å²) in [7, 11) is 0. The third-order valence-electron chi connectivity index (χ3n) is 3.76. The second-order valence-electron chi connectivity index (χ2n) is 6.72. The topological polar surface area (TPSA) is 28.2 Å². The van der Waals surface area contributed by atoms with Crippen LogP contribution in [-0.4, -0.2) is 23.6 Å². The van der Waals surface area contributed by atoms with E-state index in [2.05, 4.69) is 37.9 Å². The van der Waals surface area contributed by atoms with Gasteiger partial charge in [-0.15, -0.1) is 11.3 Å². The lowest BCUT2D eigenvalue weighted by Crippen LogP contribution is -2.35. The van der Waals surface area contributed by atoms with E-state index in [0.29, 0.717) is 0 Å². The highest BCUT2D eigenvalue weighted by atomic mass is 32.1. The first kappa shape index (κ1) is 15.8. The minimum Gasteiger partial charge on any atom is -0.348 e. The quantitative estimate of drug-likeness (QED) is 0.911. The van der Waals surface area contributed by atoms with Crippen molar-refractivity contribution in [1.29, 1.82) is 0 Å². The van der Waals surface area contributed by atoms with Crippen LogP contribution in [0.1, 0.15) is 63.9 Å². The number of thiazole rings is 1. The van der Waals surface area contributed by atoms with Gasteiger partial charge in [0.1, 0.15) is 0 Å². The first-order chi connectivity index (χ1) is 9.49. The van der Waals surface area contributed by atoms with Gasteiger partial charge in [0, 0.05) is 30.1 Å². The summed E-state index contributed by atoms with van der Waals surface area (Å²) in [4.78, 5) is 8.81. The fraction of sp³-hybridized carbons (Fsp3) is 0.812. The van der Waals surface area contributed by atoms with Gasteiger partial charge in [0.2, 0.25) is 0 Å². The Labute approximate surface area is 127 Å². The van der Waals surface area contributed by atoms with Gasteiger partial charge in [-0.25, -0.2) is 4.98 Å². The van der Waals surface area contributed by atoms with E-state index in [0.717, 1.165) is 13.0 Å². The Morgan fingerprint density at radius 2 is 1.80 bits per heavy atom. The molecule has 0 unspecified atom stereocenters. The lowest BCUT2D eigenvalue weighted by molar-refractivity contribution is 0.425. The van der Waals surface area contributed by atoms with Crippen molar-refractivity contribution in [3.05, 3.63) is 10.6 Å². The summed E-state index contributed by atoms with van der Waals surface area (Å²) < 4.78 is 0. The number of nitrogens with one attached hydrogen (secondary N) is 1. The maximum atomic E-state index is 4.90. The Hall–Kier alpha value is -0.610. The van der Waals surface area contributed by atoms with Crippen LogP contribution in [0.4, 0.5) is 5.13 Å². The van der Waals surface area contributed by atoms with Crippen LogP contribution in [0.2, 0.25) is 0 Å². The molecule has 2 rings (SSSR count). The third-order valence-corrected chi connectivity index (χ3v) is 4.92. The van der Waals surface area contributed by atoms with Crippen molar-refractivity contribution in [2.45, 2.75) is 71.9 Å². The lowest BCUT2D eigenvalue weighted by Gasteiger charge is -2.20. The number of nitrogens with zero attached hydrogens (tertiary/aromatic N) is 2. The molecule has 0 bridgehead atoms. The van der Waals surface area contributed by atoms with Gasteiger partial charge in [0.25, 0.3) is 0 Å². The van der Waals surface area contributed by atoms with E-state index in [1.807, 2.05) is 11.3 Å². The highest BCUT2D eigenvalue weighted by Crippen LogP contribution is 2.29. The van der Waals surface area contributed by atoms with E-state index in [4.69, 9.17) is 4.98 Å². The summed E-state index contributed by atoms with van der Waals surface area (Å²) in [5, 5.41) is 4.84. The van der Waals surface area contributed by atoms with Gasteiger partial charge in [-0.05, 0) is 40.0 Å². The Morgan fingerprint density at radius 1 is 1.15 bits per heavy atom. The van der Waals surface area contributed by atoms with Crippen molar-refractivity contribution in [2.24, 2.45) is 0 Å². The number of rotatable bonds is 4. The molecule has 1 aliphatic heterocycles.